The second-order valence-electron chi connectivity index (χ2n) is 10.4. The van der Waals surface area contributed by atoms with Crippen molar-refractivity contribution in [2.45, 2.75) is 110 Å². The number of benzene rings is 1. The topological polar surface area (TPSA) is 9.23 Å². The summed E-state index contributed by atoms with van der Waals surface area (Å²) in [5, 5.41) is 0. The molecule has 2 aliphatic carbocycles. The van der Waals surface area contributed by atoms with Crippen LogP contribution < -0.4 is 4.74 Å². The zero-order valence-electron chi connectivity index (χ0n) is 20.5. The van der Waals surface area contributed by atoms with Gasteiger partial charge >= 0.3 is 6.18 Å². The van der Waals surface area contributed by atoms with Crippen LogP contribution in [0, 0.1) is 29.5 Å². The molecule has 2 aliphatic rings. The number of alkyl halides is 3. The highest BCUT2D eigenvalue weighted by molar-refractivity contribution is 5.39. The van der Waals surface area contributed by atoms with E-state index < -0.39 is 17.6 Å². The fourth-order valence-electron chi connectivity index (χ4n) is 6.32. The van der Waals surface area contributed by atoms with Gasteiger partial charge in [-0.3, -0.25) is 0 Å². The smallest absolute Gasteiger partial charge is 0.419 e. The first-order chi connectivity index (χ1) is 15.8. The summed E-state index contributed by atoms with van der Waals surface area (Å²) in [5.74, 6) is 1.45. The van der Waals surface area contributed by atoms with E-state index in [9.17, 15) is 17.6 Å². The number of halogens is 4. The predicted octanol–water partition coefficient (Wildman–Crippen LogP) is 9.37. The monoisotopic (exact) mass is 470 g/mol. The Labute approximate surface area is 197 Å². The number of hydrogen-bond donors (Lipinski definition) is 0. The van der Waals surface area contributed by atoms with Crippen molar-refractivity contribution < 1.29 is 22.3 Å². The summed E-state index contributed by atoms with van der Waals surface area (Å²) in [6, 6.07) is 2.75. The van der Waals surface area contributed by atoms with Crippen LogP contribution >= 0.6 is 0 Å². The van der Waals surface area contributed by atoms with Gasteiger partial charge in [0.2, 0.25) is 0 Å². The summed E-state index contributed by atoms with van der Waals surface area (Å²) < 4.78 is 60.3. The zero-order valence-corrected chi connectivity index (χ0v) is 20.5. The molecular weight excluding hydrogens is 428 g/mol. The van der Waals surface area contributed by atoms with E-state index in [-0.39, 0.29) is 24.3 Å². The third-order valence-electron chi connectivity index (χ3n) is 8.26. The highest BCUT2D eigenvalue weighted by atomic mass is 19.4. The molecule has 1 aromatic carbocycles. The Balaban J connectivity index is 1.47. The van der Waals surface area contributed by atoms with E-state index in [1.165, 1.54) is 76.3 Å². The SMILES string of the molecule is CCCCCC1CCC(C2CCC(CCc3ccc(OCC)c(F)c3C(F)(F)F)CC2)CC1. The molecule has 188 valence electrons. The molecule has 0 saturated heterocycles. The van der Waals surface area contributed by atoms with Gasteiger partial charge in [-0.2, -0.15) is 13.2 Å². The molecule has 0 spiro atoms. The van der Waals surface area contributed by atoms with Gasteiger partial charge in [-0.05, 0) is 80.8 Å². The Morgan fingerprint density at radius 1 is 0.818 bits per heavy atom. The lowest BCUT2D eigenvalue weighted by atomic mass is 9.68. The van der Waals surface area contributed by atoms with Crippen LogP contribution in [0.5, 0.6) is 5.75 Å². The molecule has 0 unspecified atom stereocenters. The van der Waals surface area contributed by atoms with Crippen molar-refractivity contribution in [2.75, 3.05) is 6.61 Å². The van der Waals surface area contributed by atoms with E-state index in [1.807, 2.05) is 0 Å². The fraction of sp³-hybridized carbons (Fsp3) is 0.786. The molecule has 2 fully saturated rings. The molecule has 0 amide bonds. The molecule has 1 nitrogen and oxygen atoms in total. The number of rotatable bonds is 10. The van der Waals surface area contributed by atoms with E-state index in [1.54, 1.807) is 6.92 Å². The predicted molar refractivity (Wildman–Crippen MR) is 126 cm³/mol. The quantitative estimate of drug-likeness (QED) is 0.244. The van der Waals surface area contributed by atoms with Crippen LogP contribution in [0.4, 0.5) is 17.6 Å². The van der Waals surface area contributed by atoms with Crippen LogP contribution in [0.2, 0.25) is 0 Å². The maximum Gasteiger partial charge on any atom is 0.419 e. The number of hydrogen-bond acceptors (Lipinski definition) is 1. The molecule has 5 heteroatoms. The fourth-order valence-corrected chi connectivity index (χ4v) is 6.32. The third-order valence-corrected chi connectivity index (χ3v) is 8.26. The lowest BCUT2D eigenvalue weighted by Crippen LogP contribution is -2.26. The molecule has 3 rings (SSSR count). The Morgan fingerprint density at radius 3 is 1.91 bits per heavy atom. The molecule has 33 heavy (non-hydrogen) atoms. The van der Waals surface area contributed by atoms with Gasteiger partial charge in [0, 0.05) is 0 Å². The molecule has 0 aliphatic heterocycles. The normalized spacial score (nSPS) is 26.4. The molecule has 2 saturated carbocycles. The van der Waals surface area contributed by atoms with Crippen LogP contribution in [0.1, 0.15) is 108 Å². The highest BCUT2D eigenvalue weighted by Gasteiger charge is 2.38. The van der Waals surface area contributed by atoms with Crippen LogP contribution in [0.3, 0.4) is 0 Å². The summed E-state index contributed by atoms with van der Waals surface area (Å²) in [5.41, 5.74) is -1.08. The van der Waals surface area contributed by atoms with Crippen LogP contribution in [-0.4, -0.2) is 6.61 Å². The van der Waals surface area contributed by atoms with Crippen molar-refractivity contribution in [1.82, 2.24) is 0 Å². The number of unbranched alkanes of at least 4 members (excludes halogenated alkanes) is 2. The first-order valence-electron chi connectivity index (χ1n) is 13.3. The maximum atomic E-state index is 14.5. The van der Waals surface area contributed by atoms with Gasteiger partial charge in [0.15, 0.2) is 11.6 Å². The van der Waals surface area contributed by atoms with E-state index in [4.69, 9.17) is 4.74 Å². The molecule has 0 radical (unpaired) electrons. The Kier molecular flexibility index (Phi) is 9.94. The summed E-state index contributed by atoms with van der Waals surface area (Å²) >= 11 is 0. The van der Waals surface area contributed by atoms with Gasteiger partial charge < -0.3 is 4.74 Å². The first-order valence-corrected chi connectivity index (χ1v) is 13.3. The lowest BCUT2D eigenvalue weighted by Gasteiger charge is -2.38. The standard InChI is InChI=1S/C28H42F4O/c1-3-5-6-7-20-8-13-22(14-9-20)23-15-10-21(11-16-23)12-17-24-18-19-25(33-4-2)27(29)26(24)28(30,31)32/h18-23H,3-17H2,1-2H3. The van der Waals surface area contributed by atoms with Gasteiger partial charge in [0.1, 0.15) is 0 Å². The zero-order chi connectivity index (χ0) is 23.8. The van der Waals surface area contributed by atoms with Gasteiger partial charge in [-0.25, -0.2) is 4.39 Å². The van der Waals surface area contributed by atoms with Gasteiger partial charge in [-0.15, -0.1) is 0 Å². The van der Waals surface area contributed by atoms with Gasteiger partial charge in [0.25, 0.3) is 0 Å². The van der Waals surface area contributed by atoms with Crippen LogP contribution in [0.15, 0.2) is 12.1 Å². The summed E-state index contributed by atoms with van der Waals surface area (Å²) in [4.78, 5) is 0. The minimum absolute atomic E-state index is 0.0620. The van der Waals surface area contributed by atoms with Crippen molar-refractivity contribution in [3.63, 3.8) is 0 Å². The third kappa shape index (κ3) is 7.36. The Bertz CT molecular complexity index is 713. The molecule has 0 aromatic heterocycles. The average Bonchev–Trinajstić information content (AvgIpc) is 2.79. The summed E-state index contributed by atoms with van der Waals surface area (Å²) in [6.45, 7) is 4.03. The van der Waals surface area contributed by atoms with E-state index in [0.29, 0.717) is 12.3 Å². The van der Waals surface area contributed by atoms with E-state index in [0.717, 1.165) is 30.6 Å². The Hall–Kier alpha value is -1.26. The summed E-state index contributed by atoms with van der Waals surface area (Å²) in [7, 11) is 0. The number of aryl methyl sites for hydroxylation is 1. The van der Waals surface area contributed by atoms with Crippen molar-refractivity contribution >= 4 is 0 Å². The van der Waals surface area contributed by atoms with Crippen LogP contribution in [-0.2, 0) is 12.6 Å². The molecule has 0 bridgehead atoms. The molecule has 0 N–H and O–H groups in total. The average molecular weight is 471 g/mol. The minimum Gasteiger partial charge on any atom is -0.491 e. The summed E-state index contributed by atoms with van der Waals surface area (Å²) in [6.07, 6.45) is 11.8. The molecule has 0 atom stereocenters. The van der Waals surface area contributed by atoms with Crippen LogP contribution in [0.25, 0.3) is 0 Å². The number of ether oxygens (including phenoxy) is 1. The van der Waals surface area contributed by atoms with Crippen molar-refractivity contribution in [2.24, 2.45) is 23.7 Å². The molecule has 0 heterocycles. The van der Waals surface area contributed by atoms with E-state index >= 15 is 0 Å². The highest BCUT2D eigenvalue weighted by Crippen LogP contribution is 2.44. The maximum absolute atomic E-state index is 14.5. The second-order valence-corrected chi connectivity index (χ2v) is 10.4. The van der Waals surface area contributed by atoms with E-state index in [2.05, 4.69) is 6.92 Å². The first kappa shape index (κ1) is 26.3. The van der Waals surface area contributed by atoms with Gasteiger partial charge in [-0.1, -0.05) is 64.4 Å². The molecular formula is C28H42F4O. The molecule has 1 aromatic rings. The second kappa shape index (κ2) is 12.4. The Morgan fingerprint density at radius 2 is 1.39 bits per heavy atom. The van der Waals surface area contributed by atoms with Gasteiger partial charge in [0.05, 0.1) is 12.2 Å². The largest absolute Gasteiger partial charge is 0.491 e. The van der Waals surface area contributed by atoms with Crippen molar-refractivity contribution in [3.05, 3.63) is 29.1 Å². The lowest BCUT2D eigenvalue weighted by molar-refractivity contribution is -0.140. The minimum atomic E-state index is -4.71. The van der Waals surface area contributed by atoms with Crippen molar-refractivity contribution in [3.8, 4) is 5.75 Å². The van der Waals surface area contributed by atoms with Crippen molar-refractivity contribution in [1.29, 1.82) is 0 Å².